The van der Waals surface area contributed by atoms with Gasteiger partial charge in [-0.25, -0.2) is 4.79 Å². The van der Waals surface area contributed by atoms with E-state index >= 15 is 0 Å². The molecule has 0 bridgehead atoms. The highest BCUT2D eigenvalue weighted by Gasteiger charge is 2.40. The molecule has 3 N–H and O–H groups in total. The molecule has 1 aliphatic rings. The van der Waals surface area contributed by atoms with Crippen molar-refractivity contribution in [3.63, 3.8) is 0 Å². The fourth-order valence-electron chi connectivity index (χ4n) is 2.25. The molecule has 2 rings (SSSR count). The number of carbonyl (C=O) groups excluding carboxylic acids is 1. The summed E-state index contributed by atoms with van der Waals surface area (Å²) in [6, 6.07) is 2.67. The fourth-order valence-corrected chi connectivity index (χ4v) is 2.25. The first kappa shape index (κ1) is 14.1. The summed E-state index contributed by atoms with van der Waals surface area (Å²) >= 11 is 0. The van der Waals surface area contributed by atoms with Crippen LogP contribution >= 0.6 is 0 Å². The first-order chi connectivity index (χ1) is 9.43. The van der Waals surface area contributed by atoms with Gasteiger partial charge in [-0.3, -0.25) is 4.79 Å². The molecule has 1 amide bonds. The lowest BCUT2D eigenvalue weighted by Gasteiger charge is -2.21. The van der Waals surface area contributed by atoms with E-state index in [1.54, 1.807) is 0 Å². The van der Waals surface area contributed by atoms with Crippen LogP contribution in [0.1, 0.15) is 16.8 Å². The maximum atomic E-state index is 12.3. The molecule has 1 aromatic rings. The number of rotatable bonds is 3. The Morgan fingerprint density at radius 2 is 2.00 bits per heavy atom. The monoisotopic (exact) mass is 281 g/mol. The van der Waals surface area contributed by atoms with Gasteiger partial charge in [0.05, 0.1) is 6.10 Å². The highest BCUT2D eigenvalue weighted by molar-refractivity contribution is 5.97. The lowest BCUT2D eigenvalue weighted by atomic mass is 10.1. The second kappa shape index (κ2) is 5.38. The molecule has 2 unspecified atom stereocenters. The van der Waals surface area contributed by atoms with Crippen molar-refractivity contribution >= 4 is 11.9 Å². The van der Waals surface area contributed by atoms with Crippen molar-refractivity contribution in [3.05, 3.63) is 23.8 Å². The zero-order valence-electron chi connectivity index (χ0n) is 10.8. The molecule has 20 heavy (non-hydrogen) atoms. The average Bonchev–Trinajstić information content (AvgIpc) is 2.85. The SMILES string of the molecule is COC1CC(C(=O)O)N(C(=O)c2ccc(O)c(O)c2)C1. The summed E-state index contributed by atoms with van der Waals surface area (Å²) in [6.45, 7) is 0.175. The topological polar surface area (TPSA) is 107 Å². The number of ether oxygens (including phenoxy) is 1. The Kier molecular flexibility index (Phi) is 3.80. The Morgan fingerprint density at radius 1 is 1.30 bits per heavy atom. The van der Waals surface area contributed by atoms with Gasteiger partial charge in [-0.2, -0.15) is 0 Å². The zero-order chi connectivity index (χ0) is 14.9. The Hall–Kier alpha value is -2.28. The molecule has 1 saturated heterocycles. The van der Waals surface area contributed by atoms with Crippen molar-refractivity contribution in [2.75, 3.05) is 13.7 Å². The van der Waals surface area contributed by atoms with Crippen LogP contribution in [0.5, 0.6) is 11.5 Å². The molecule has 0 saturated carbocycles. The van der Waals surface area contributed by atoms with Crippen molar-refractivity contribution < 1.29 is 29.6 Å². The molecular weight excluding hydrogens is 266 g/mol. The summed E-state index contributed by atoms with van der Waals surface area (Å²) in [7, 11) is 1.46. The lowest BCUT2D eigenvalue weighted by molar-refractivity contribution is -0.141. The highest BCUT2D eigenvalue weighted by Crippen LogP contribution is 2.28. The molecule has 1 heterocycles. The summed E-state index contributed by atoms with van der Waals surface area (Å²) in [6.07, 6.45) is -0.104. The van der Waals surface area contributed by atoms with E-state index in [4.69, 9.17) is 9.84 Å². The molecule has 0 spiro atoms. The predicted octanol–water partition coefficient (Wildman–Crippen LogP) is 0.412. The first-order valence-electron chi connectivity index (χ1n) is 6.02. The van der Waals surface area contributed by atoms with Crippen LogP contribution in [0, 0.1) is 0 Å². The predicted molar refractivity (Wildman–Crippen MR) is 67.6 cm³/mol. The molecular formula is C13H15NO6. The van der Waals surface area contributed by atoms with E-state index in [9.17, 15) is 19.8 Å². The summed E-state index contributed by atoms with van der Waals surface area (Å²) in [5.41, 5.74) is 0.114. The number of phenols is 2. The number of benzene rings is 1. The summed E-state index contributed by atoms with van der Waals surface area (Å²) in [5, 5.41) is 27.8. The van der Waals surface area contributed by atoms with Gasteiger partial charge in [0.25, 0.3) is 5.91 Å². The minimum atomic E-state index is -1.10. The van der Waals surface area contributed by atoms with Crippen LogP contribution in [-0.2, 0) is 9.53 Å². The van der Waals surface area contributed by atoms with Gasteiger partial charge >= 0.3 is 5.97 Å². The fraction of sp³-hybridized carbons (Fsp3) is 0.385. The van der Waals surface area contributed by atoms with Crippen molar-refractivity contribution in [1.29, 1.82) is 0 Å². The second-order valence-electron chi connectivity index (χ2n) is 4.61. The highest BCUT2D eigenvalue weighted by atomic mass is 16.5. The van der Waals surface area contributed by atoms with Gasteiger partial charge in [-0.1, -0.05) is 0 Å². The lowest BCUT2D eigenvalue weighted by Crippen LogP contribution is -2.40. The number of aliphatic carboxylic acids is 1. The van der Waals surface area contributed by atoms with Crippen LogP contribution in [0.25, 0.3) is 0 Å². The minimum Gasteiger partial charge on any atom is -0.504 e. The first-order valence-corrected chi connectivity index (χ1v) is 6.02. The van der Waals surface area contributed by atoms with Crippen LogP contribution in [0.2, 0.25) is 0 Å². The third-order valence-corrected chi connectivity index (χ3v) is 3.36. The van der Waals surface area contributed by atoms with E-state index in [1.165, 1.54) is 24.1 Å². The molecule has 0 radical (unpaired) electrons. The summed E-state index contributed by atoms with van der Waals surface area (Å²) in [4.78, 5) is 24.7. The van der Waals surface area contributed by atoms with Gasteiger partial charge in [0.15, 0.2) is 11.5 Å². The molecule has 0 aromatic heterocycles. The number of aromatic hydroxyl groups is 2. The average molecular weight is 281 g/mol. The molecule has 2 atom stereocenters. The van der Waals surface area contributed by atoms with E-state index in [0.717, 1.165) is 6.07 Å². The van der Waals surface area contributed by atoms with Gasteiger partial charge in [0, 0.05) is 25.6 Å². The Morgan fingerprint density at radius 3 is 2.55 bits per heavy atom. The van der Waals surface area contributed by atoms with Crippen molar-refractivity contribution in [2.24, 2.45) is 0 Å². The quantitative estimate of drug-likeness (QED) is 0.693. The standard InChI is InChI=1S/C13H15NO6/c1-20-8-5-9(13(18)19)14(6-8)12(17)7-2-3-10(15)11(16)4-7/h2-4,8-9,15-16H,5-6H2,1H3,(H,18,19). The number of hydrogen-bond donors (Lipinski definition) is 3. The number of carbonyl (C=O) groups is 2. The Bertz CT molecular complexity index is 544. The third-order valence-electron chi connectivity index (χ3n) is 3.36. The number of phenolic OH excluding ortho intramolecular Hbond substituents is 2. The van der Waals surface area contributed by atoms with Crippen LogP contribution in [0.3, 0.4) is 0 Å². The van der Waals surface area contributed by atoms with Gasteiger partial charge in [-0.05, 0) is 18.2 Å². The molecule has 7 nitrogen and oxygen atoms in total. The maximum Gasteiger partial charge on any atom is 0.326 e. The van der Waals surface area contributed by atoms with E-state index in [2.05, 4.69) is 0 Å². The number of hydrogen-bond acceptors (Lipinski definition) is 5. The van der Waals surface area contributed by atoms with Crippen LogP contribution in [0.15, 0.2) is 18.2 Å². The van der Waals surface area contributed by atoms with Gasteiger partial charge in [0.1, 0.15) is 6.04 Å². The molecule has 108 valence electrons. The van der Waals surface area contributed by atoms with Crippen molar-refractivity contribution in [1.82, 2.24) is 4.90 Å². The second-order valence-corrected chi connectivity index (χ2v) is 4.61. The number of nitrogens with zero attached hydrogens (tertiary/aromatic N) is 1. The molecule has 7 heteroatoms. The van der Waals surface area contributed by atoms with Crippen molar-refractivity contribution in [2.45, 2.75) is 18.6 Å². The van der Waals surface area contributed by atoms with Crippen LogP contribution in [0.4, 0.5) is 0 Å². The number of carboxylic acids is 1. The van der Waals surface area contributed by atoms with Crippen LogP contribution in [-0.4, -0.2) is 57.9 Å². The summed E-state index contributed by atoms with van der Waals surface area (Å²) < 4.78 is 5.10. The van der Waals surface area contributed by atoms with E-state index in [0.29, 0.717) is 0 Å². The van der Waals surface area contributed by atoms with E-state index in [-0.39, 0.29) is 30.4 Å². The smallest absolute Gasteiger partial charge is 0.326 e. The maximum absolute atomic E-state index is 12.3. The van der Waals surface area contributed by atoms with E-state index in [1.807, 2.05) is 0 Å². The molecule has 1 aliphatic heterocycles. The number of carboxylic acid groups (broad SMARTS) is 1. The van der Waals surface area contributed by atoms with E-state index < -0.39 is 23.7 Å². The van der Waals surface area contributed by atoms with Crippen molar-refractivity contribution in [3.8, 4) is 11.5 Å². The number of likely N-dealkylation sites (tertiary alicyclic amines) is 1. The normalized spacial score (nSPS) is 21.9. The minimum absolute atomic E-state index is 0.114. The molecule has 1 aromatic carbocycles. The summed E-state index contributed by atoms with van der Waals surface area (Å²) in [5.74, 6) is -2.38. The Labute approximate surface area is 115 Å². The molecule has 0 aliphatic carbocycles. The van der Waals surface area contributed by atoms with Crippen LogP contribution < -0.4 is 0 Å². The third kappa shape index (κ3) is 2.53. The van der Waals surface area contributed by atoms with Gasteiger partial charge < -0.3 is 25.0 Å². The Balaban J connectivity index is 2.26. The van der Waals surface area contributed by atoms with Gasteiger partial charge in [-0.15, -0.1) is 0 Å². The number of amides is 1. The molecule has 1 fully saturated rings. The zero-order valence-corrected chi connectivity index (χ0v) is 10.8. The number of methoxy groups -OCH3 is 1. The van der Waals surface area contributed by atoms with Gasteiger partial charge in [0.2, 0.25) is 0 Å². The largest absolute Gasteiger partial charge is 0.504 e.